The number of aryl methyl sites for hydroxylation is 1. The van der Waals surface area contributed by atoms with Crippen LogP contribution in [0.15, 0.2) is 48.5 Å². The van der Waals surface area contributed by atoms with E-state index in [4.69, 9.17) is 4.74 Å². The molecule has 0 fully saturated rings. The van der Waals surface area contributed by atoms with Crippen LogP contribution in [0.2, 0.25) is 0 Å². The summed E-state index contributed by atoms with van der Waals surface area (Å²) in [5.41, 5.74) is 2.77. The second kappa shape index (κ2) is 4.71. The summed E-state index contributed by atoms with van der Waals surface area (Å²) in [6, 6.07) is 16.1. The first kappa shape index (κ1) is 12.2. The Labute approximate surface area is 113 Å². The largest absolute Gasteiger partial charge is 0.497 e. The van der Waals surface area contributed by atoms with E-state index in [-0.39, 0.29) is 0 Å². The van der Waals surface area contributed by atoms with Gasteiger partial charge in [0.25, 0.3) is 0 Å². The van der Waals surface area contributed by atoms with Gasteiger partial charge in [-0.15, -0.1) is 0 Å². The summed E-state index contributed by atoms with van der Waals surface area (Å²) in [6.45, 7) is 0. The summed E-state index contributed by atoms with van der Waals surface area (Å²) in [7, 11) is 1.67. The molecule has 0 amide bonds. The third-order valence-corrected chi connectivity index (χ3v) is 4.02. The summed E-state index contributed by atoms with van der Waals surface area (Å²) in [5.74, 6) is 0.857. The van der Waals surface area contributed by atoms with Gasteiger partial charge in [-0.05, 0) is 41.7 Å². The summed E-state index contributed by atoms with van der Waals surface area (Å²) in [5, 5.41) is 10.9. The second-order valence-corrected chi connectivity index (χ2v) is 5.21. The van der Waals surface area contributed by atoms with Crippen molar-refractivity contribution in [1.29, 1.82) is 0 Å². The topological polar surface area (TPSA) is 29.5 Å². The van der Waals surface area contributed by atoms with Crippen LogP contribution in [-0.2, 0) is 18.4 Å². The lowest BCUT2D eigenvalue weighted by molar-refractivity contribution is 0.0222. The summed E-state index contributed by atoms with van der Waals surface area (Å²) >= 11 is 0. The number of fused-ring (bicyclic) bond motifs is 1. The Bertz CT molecular complexity index is 577. The second-order valence-electron chi connectivity index (χ2n) is 5.21. The van der Waals surface area contributed by atoms with Crippen LogP contribution in [0, 0.1) is 0 Å². The minimum Gasteiger partial charge on any atom is -0.497 e. The Morgan fingerprint density at radius 1 is 1.05 bits per heavy atom. The molecule has 0 spiro atoms. The zero-order valence-corrected chi connectivity index (χ0v) is 11.1. The first-order valence-electron chi connectivity index (χ1n) is 6.65. The van der Waals surface area contributed by atoms with Crippen molar-refractivity contribution in [2.45, 2.75) is 24.9 Å². The molecule has 2 heteroatoms. The summed E-state index contributed by atoms with van der Waals surface area (Å²) in [6.07, 6.45) is 2.34. The van der Waals surface area contributed by atoms with Crippen LogP contribution in [0.25, 0.3) is 0 Å². The number of rotatable bonds is 2. The van der Waals surface area contributed by atoms with Crippen molar-refractivity contribution in [2.75, 3.05) is 7.11 Å². The SMILES string of the molecule is COc1ccc2c(c1)CC(O)(c1ccccc1)CC2. The molecule has 19 heavy (non-hydrogen) atoms. The third-order valence-electron chi connectivity index (χ3n) is 4.02. The van der Waals surface area contributed by atoms with Crippen LogP contribution in [0.4, 0.5) is 0 Å². The molecular formula is C17H18O2. The first-order chi connectivity index (χ1) is 9.21. The monoisotopic (exact) mass is 254 g/mol. The van der Waals surface area contributed by atoms with Crippen LogP contribution < -0.4 is 4.74 Å². The summed E-state index contributed by atoms with van der Waals surface area (Å²) < 4.78 is 5.27. The smallest absolute Gasteiger partial charge is 0.119 e. The number of hydrogen-bond acceptors (Lipinski definition) is 2. The van der Waals surface area contributed by atoms with Gasteiger partial charge in [0, 0.05) is 6.42 Å². The van der Waals surface area contributed by atoms with Crippen LogP contribution in [0.1, 0.15) is 23.1 Å². The van der Waals surface area contributed by atoms with Crippen molar-refractivity contribution in [3.05, 3.63) is 65.2 Å². The fraction of sp³-hybridized carbons (Fsp3) is 0.294. The third kappa shape index (κ3) is 2.24. The molecule has 0 bridgehead atoms. The molecule has 1 aliphatic carbocycles. The maximum atomic E-state index is 10.9. The highest BCUT2D eigenvalue weighted by molar-refractivity contribution is 5.40. The van der Waals surface area contributed by atoms with Gasteiger partial charge < -0.3 is 9.84 Å². The zero-order valence-electron chi connectivity index (χ0n) is 11.1. The molecule has 0 heterocycles. The summed E-state index contributed by atoms with van der Waals surface area (Å²) in [4.78, 5) is 0. The van der Waals surface area contributed by atoms with Crippen molar-refractivity contribution in [3.63, 3.8) is 0 Å². The number of benzene rings is 2. The van der Waals surface area contributed by atoms with E-state index in [1.54, 1.807) is 7.11 Å². The van der Waals surface area contributed by atoms with E-state index < -0.39 is 5.60 Å². The van der Waals surface area contributed by atoms with E-state index >= 15 is 0 Å². The number of ether oxygens (including phenoxy) is 1. The highest BCUT2D eigenvalue weighted by Gasteiger charge is 2.33. The van der Waals surface area contributed by atoms with Gasteiger partial charge in [0.1, 0.15) is 5.75 Å². The number of hydrogen-bond donors (Lipinski definition) is 1. The van der Waals surface area contributed by atoms with E-state index in [1.807, 2.05) is 42.5 Å². The Morgan fingerprint density at radius 3 is 2.58 bits per heavy atom. The van der Waals surface area contributed by atoms with E-state index in [0.29, 0.717) is 6.42 Å². The van der Waals surface area contributed by atoms with Crippen molar-refractivity contribution in [1.82, 2.24) is 0 Å². The Morgan fingerprint density at radius 2 is 1.84 bits per heavy atom. The lowest BCUT2D eigenvalue weighted by Gasteiger charge is -2.34. The van der Waals surface area contributed by atoms with Gasteiger partial charge in [-0.1, -0.05) is 36.4 Å². The van der Waals surface area contributed by atoms with Gasteiger partial charge in [0.05, 0.1) is 12.7 Å². The van der Waals surface area contributed by atoms with Gasteiger partial charge in [0.15, 0.2) is 0 Å². The average Bonchev–Trinajstić information content (AvgIpc) is 2.47. The minimum atomic E-state index is -0.749. The van der Waals surface area contributed by atoms with Gasteiger partial charge in [-0.2, -0.15) is 0 Å². The molecule has 1 aliphatic rings. The first-order valence-corrected chi connectivity index (χ1v) is 6.65. The van der Waals surface area contributed by atoms with Gasteiger partial charge >= 0.3 is 0 Å². The minimum absolute atomic E-state index is 0.656. The van der Waals surface area contributed by atoms with Crippen LogP contribution in [0.5, 0.6) is 5.75 Å². The Kier molecular flexibility index (Phi) is 3.03. The normalized spacial score (nSPS) is 21.8. The van der Waals surface area contributed by atoms with E-state index in [2.05, 4.69) is 6.07 Å². The molecule has 2 nitrogen and oxygen atoms in total. The predicted molar refractivity (Wildman–Crippen MR) is 75.4 cm³/mol. The molecule has 1 N–H and O–H groups in total. The molecule has 0 aliphatic heterocycles. The van der Waals surface area contributed by atoms with E-state index in [0.717, 1.165) is 24.2 Å². The van der Waals surface area contributed by atoms with Crippen LogP contribution in [0.3, 0.4) is 0 Å². The highest BCUT2D eigenvalue weighted by atomic mass is 16.5. The molecule has 3 rings (SSSR count). The van der Waals surface area contributed by atoms with Gasteiger partial charge in [0.2, 0.25) is 0 Å². The average molecular weight is 254 g/mol. The van der Waals surface area contributed by atoms with Crippen molar-refractivity contribution < 1.29 is 9.84 Å². The van der Waals surface area contributed by atoms with Gasteiger partial charge in [-0.3, -0.25) is 0 Å². The lowest BCUT2D eigenvalue weighted by Crippen LogP contribution is -2.33. The van der Waals surface area contributed by atoms with Crippen molar-refractivity contribution in [2.24, 2.45) is 0 Å². The quantitative estimate of drug-likeness (QED) is 0.892. The molecular weight excluding hydrogens is 236 g/mol. The predicted octanol–water partition coefficient (Wildman–Crippen LogP) is 3.07. The van der Waals surface area contributed by atoms with Crippen LogP contribution in [-0.4, -0.2) is 12.2 Å². The molecule has 1 atom stereocenters. The Balaban J connectivity index is 1.96. The molecule has 0 saturated carbocycles. The number of methoxy groups -OCH3 is 1. The maximum absolute atomic E-state index is 10.9. The van der Waals surface area contributed by atoms with Crippen molar-refractivity contribution in [3.8, 4) is 5.75 Å². The van der Waals surface area contributed by atoms with E-state index in [1.165, 1.54) is 11.1 Å². The molecule has 2 aromatic rings. The Hall–Kier alpha value is -1.80. The standard InChI is InChI=1S/C17H18O2/c1-19-16-8-7-13-9-10-17(18,12-14(13)11-16)15-5-3-2-4-6-15/h2-8,11,18H,9-10,12H2,1H3. The van der Waals surface area contributed by atoms with Crippen molar-refractivity contribution >= 4 is 0 Å². The van der Waals surface area contributed by atoms with Gasteiger partial charge in [-0.25, -0.2) is 0 Å². The highest BCUT2D eigenvalue weighted by Crippen LogP contribution is 2.37. The fourth-order valence-corrected chi connectivity index (χ4v) is 2.88. The van der Waals surface area contributed by atoms with E-state index in [9.17, 15) is 5.11 Å². The molecule has 1 unspecified atom stereocenters. The molecule has 0 aromatic heterocycles. The zero-order chi connectivity index (χ0) is 13.3. The van der Waals surface area contributed by atoms with Crippen LogP contribution >= 0.6 is 0 Å². The fourth-order valence-electron chi connectivity index (χ4n) is 2.88. The molecule has 0 saturated heterocycles. The molecule has 98 valence electrons. The lowest BCUT2D eigenvalue weighted by atomic mass is 9.76. The maximum Gasteiger partial charge on any atom is 0.119 e. The molecule has 2 aromatic carbocycles. The molecule has 0 radical (unpaired) electrons. The number of aliphatic hydroxyl groups is 1.